The lowest BCUT2D eigenvalue weighted by molar-refractivity contribution is 0.0785. The molecule has 1 amide bonds. The molecule has 19 heavy (non-hydrogen) atoms. The molecule has 0 saturated heterocycles. The average Bonchev–Trinajstić information content (AvgIpc) is 2.37. The Morgan fingerprint density at radius 3 is 2.84 bits per heavy atom. The van der Waals surface area contributed by atoms with E-state index in [2.05, 4.69) is 11.1 Å². The number of aromatic nitrogens is 1. The summed E-state index contributed by atoms with van der Waals surface area (Å²) < 4.78 is 0. The Kier molecular flexibility index (Phi) is 5.31. The molecule has 1 atom stereocenters. The van der Waals surface area contributed by atoms with Gasteiger partial charge in [0.15, 0.2) is 0 Å². The van der Waals surface area contributed by atoms with E-state index >= 15 is 0 Å². The average molecular weight is 260 g/mol. The first-order valence-electron chi connectivity index (χ1n) is 6.39. The smallest absolute Gasteiger partial charge is 0.253 e. The lowest BCUT2D eigenvalue weighted by Crippen LogP contribution is -2.30. The summed E-state index contributed by atoms with van der Waals surface area (Å²) in [6.07, 6.45) is 1.75. The number of rotatable bonds is 5. The lowest BCUT2D eigenvalue weighted by Gasteiger charge is -2.18. The number of hydrogen-bond acceptors (Lipinski definition) is 4. The lowest BCUT2D eigenvalue weighted by atomic mass is 10.1. The number of aryl methyl sites for hydroxylation is 1. The highest BCUT2D eigenvalue weighted by Crippen LogP contribution is 2.12. The molecular weight excluding hydrogens is 240 g/mol. The van der Waals surface area contributed by atoms with Crippen molar-refractivity contribution < 1.29 is 4.79 Å². The van der Waals surface area contributed by atoms with Gasteiger partial charge in [0.25, 0.3) is 5.91 Å². The van der Waals surface area contributed by atoms with Gasteiger partial charge in [0.05, 0.1) is 12.0 Å². The first kappa shape index (κ1) is 15.0. The normalized spacial score (nSPS) is 11.7. The van der Waals surface area contributed by atoms with Gasteiger partial charge in [-0.1, -0.05) is 13.3 Å². The maximum absolute atomic E-state index is 12.2. The number of anilines is 1. The number of nitrogens with two attached hydrogens (primary N) is 1. The number of amides is 1. The highest BCUT2D eigenvalue weighted by Gasteiger charge is 2.15. The first-order chi connectivity index (χ1) is 8.97. The quantitative estimate of drug-likeness (QED) is 0.875. The molecule has 102 valence electrons. The van der Waals surface area contributed by atoms with Crippen LogP contribution in [0.5, 0.6) is 0 Å². The van der Waals surface area contributed by atoms with E-state index in [0.717, 1.165) is 18.5 Å². The van der Waals surface area contributed by atoms with Crippen molar-refractivity contribution in [2.75, 3.05) is 19.3 Å². The Bertz CT molecular complexity index is 493. The molecular formula is C14H20N4O. The maximum Gasteiger partial charge on any atom is 0.253 e. The van der Waals surface area contributed by atoms with Gasteiger partial charge in [-0.05, 0) is 25.5 Å². The van der Waals surface area contributed by atoms with Crippen molar-refractivity contribution in [3.05, 3.63) is 23.4 Å². The Balaban J connectivity index is 2.90. The van der Waals surface area contributed by atoms with Crippen molar-refractivity contribution in [2.45, 2.75) is 26.7 Å². The van der Waals surface area contributed by atoms with Crippen LogP contribution in [0.2, 0.25) is 0 Å². The molecule has 0 aliphatic rings. The summed E-state index contributed by atoms with van der Waals surface area (Å²) in [5.41, 5.74) is 7.08. The van der Waals surface area contributed by atoms with E-state index < -0.39 is 0 Å². The zero-order valence-electron chi connectivity index (χ0n) is 11.7. The Morgan fingerprint density at radius 2 is 2.26 bits per heavy atom. The van der Waals surface area contributed by atoms with E-state index in [4.69, 9.17) is 11.0 Å². The van der Waals surface area contributed by atoms with Crippen LogP contribution in [0.4, 0.5) is 5.82 Å². The topological polar surface area (TPSA) is 83.0 Å². The van der Waals surface area contributed by atoms with E-state index in [1.165, 1.54) is 0 Å². The van der Waals surface area contributed by atoms with Gasteiger partial charge in [-0.25, -0.2) is 4.98 Å². The molecule has 1 unspecified atom stereocenters. The number of carbonyl (C=O) groups is 1. The van der Waals surface area contributed by atoms with Crippen LogP contribution in [-0.2, 0) is 6.42 Å². The Morgan fingerprint density at radius 1 is 1.58 bits per heavy atom. The third kappa shape index (κ3) is 4.25. The fraction of sp³-hybridized carbons (Fsp3) is 0.500. The van der Waals surface area contributed by atoms with Crippen molar-refractivity contribution in [1.29, 1.82) is 5.26 Å². The molecule has 1 aromatic heterocycles. The van der Waals surface area contributed by atoms with Gasteiger partial charge in [-0.15, -0.1) is 0 Å². The van der Waals surface area contributed by atoms with Crippen molar-refractivity contribution in [3.8, 4) is 6.07 Å². The molecule has 0 saturated carbocycles. The van der Waals surface area contributed by atoms with E-state index in [1.54, 1.807) is 31.0 Å². The number of hydrogen-bond donors (Lipinski definition) is 1. The SMILES string of the molecule is CCCc1cc(C(=O)N(C)CC(C)C#N)cc(N)n1. The first-order valence-corrected chi connectivity index (χ1v) is 6.39. The molecule has 1 aromatic rings. The molecule has 0 aliphatic carbocycles. The number of carbonyl (C=O) groups excluding carboxylic acids is 1. The van der Waals surface area contributed by atoms with Crippen molar-refractivity contribution in [1.82, 2.24) is 9.88 Å². The molecule has 0 aliphatic heterocycles. The van der Waals surface area contributed by atoms with Crippen LogP contribution >= 0.6 is 0 Å². The van der Waals surface area contributed by atoms with Gasteiger partial charge >= 0.3 is 0 Å². The number of nitrogen functional groups attached to an aromatic ring is 1. The van der Waals surface area contributed by atoms with Crippen LogP contribution in [-0.4, -0.2) is 29.4 Å². The van der Waals surface area contributed by atoms with Crippen LogP contribution in [0, 0.1) is 17.2 Å². The minimum atomic E-state index is -0.191. The molecule has 1 rings (SSSR count). The second kappa shape index (κ2) is 6.74. The minimum absolute atomic E-state index is 0.131. The Hall–Kier alpha value is -2.09. The number of pyridine rings is 1. The second-order valence-electron chi connectivity index (χ2n) is 4.74. The maximum atomic E-state index is 12.2. The summed E-state index contributed by atoms with van der Waals surface area (Å²) >= 11 is 0. The van der Waals surface area contributed by atoms with Gasteiger partial charge in [-0.3, -0.25) is 4.79 Å². The Labute approximate surface area is 114 Å². The fourth-order valence-corrected chi connectivity index (χ4v) is 1.87. The summed E-state index contributed by atoms with van der Waals surface area (Å²) in [5.74, 6) is 0.0350. The predicted octanol–water partition coefficient (Wildman–Crippen LogP) is 1.85. The molecule has 0 radical (unpaired) electrons. The van der Waals surface area contributed by atoms with E-state index in [0.29, 0.717) is 17.9 Å². The summed E-state index contributed by atoms with van der Waals surface area (Å²) in [4.78, 5) is 18.0. The largest absolute Gasteiger partial charge is 0.384 e. The van der Waals surface area contributed by atoms with Crippen molar-refractivity contribution >= 4 is 11.7 Å². The standard InChI is InChI=1S/C14H20N4O/c1-4-5-12-6-11(7-13(16)17-12)14(19)18(3)9-10(2)8-15/h6-7,10H,4-5,9H2,1-3H3,(H2,16,17). The molecule has 2 N–H and O–H groups in total. The predicted molar refractivity (Wildman–Crippen MR) is 74.4 cm³/mol. The van der Waals surface area contributed by atoms with Gasteiger partial charge in [0, 0.05) is 24.8 Å². The summed E-state index contributed by atoms with van der Waals surface area (Å²) in [6.45, 7) is 4.24. The summed E-state index contributed by atoms with van der Waals surface area (Å²) in [7, 11) is 1.69. The molecule has 0 fully saturated rings. The van der Waals surface area contributed by atoms with Crippen LogP contribution in [0.3, 0.4) is 0 Å². The van der Waals surface area contributed by atoms with E-state index in [-0.39, 0.29) is 11.8 Å². The number of nitriles is 1. The fourth-order valence-electron chi connectivity index (χ4n) is 1.87. The highest BCUT2D eigenvalue weighted by molar-refractivity contribution is 5.94. The third-order valence-electron chi connectivity index (χ3n) is 2.77. The third-order valence-corrected chi connectivity index (χ3v) is 2.77. The van der Waals surface area contributed by atoms with Crippen LogP contribution < -0.4 is 5.73 Å². The molecule has 1 heterocycles. The van der Waals surface area contributed by atoms with Gasteiger partial charge in [0.2, 0.25) is 0 Å². The highest BCUT2D eigenvalue weighted by atomic mass is 16.2. The van der Waals surface area contributed by atoms with Crippen molar-refractivity contribution in [2.24, 2.45) is 5.92 Å². The number of nitrogens with zero attached hydrogens (tertiary/aromatic N) is 3. The van der Waals surface area contributed by atoms with Crippen molar-refractivity contribution in [3.63, 3.8) is 0 Å². The van der Waals surface area contributed by atoms with E-state index in [1.807, 2.05) is 6.92 Å². The molecule has 0 aromatic carbocycles. The van der Waals surface area contributed by atoms with Gasteiger partial charge in [-0.2, -0.15) is 5.26 Å². The summed E-state index contributed by atoms with van der Waals surface area (Å²) in [6, 6.07) is 5.47. The zero-order valence-corrected chi connectivity index (χ0v) is 11.7. The molecule has 0 bridgehead atoms. The minimum Gasteiger partial charge on any atom is -0.384 e. The summed E-state index contributed by atoms with van der Waals surface area (Å²) in [5, 5.41) is 8.78. The van der Waals surface area contributed by atoms with Crippen LogP contribution in [0.25, 0.3) is 0 Å². The zero-order chi connectivity index (χ0) is 14.4. The van der Waals surface area contributed by atoms with Crippen LogP contribution in [0.15, 0.2) is 12.1 Å². The van der Waals surface area contributed by atoms with Gasteiger partial charge in [0.1, 0.15) is 5.82 Å². The molecule has 5 heteroatoms. The van der Waals surface area contributed by atoms with Gasteiger partial charge < -0.3 is 10.6 Å². The molecule has 0 spiro atoms. The van der Waals surface area contributed by atoms with E-state index in [9.17, 15) is 4.79 Å². The molecule has 5 nitrogen and oxygen atoms in total. The monoisotopic (exact) mass is 260 g/mol. The second-order valence-corrected chi connectivity index (χ2v) is 4.74. The van der Waals surface area contributed by atoms with Crippen LogP contribution in [0.1, 0.15) is 36.3 Å².